The predicted molar refractivity (Wildman–Crippen MR) is 46.8 cm³/mol. The summed E-state index contributed by atoms with van der Waals surface area (Å²) in [5, 5.41) is 0. The maximum absolute atomic E-state index is 12.2. The molecular weight excluding hydrogens is 301 g/mol. The number of alkyl halides is 4. The zero-order chi connectivity index (χ0) is 10.1. The molecule has 1 aromatic heterocycles. The molecule has 1 rings (SSSR count). The van der Waals surface area contributed by atoms with Crippen LogP contribution in [0.2, 0.25) is 0 Å². The van der Waals surface area contributed by atoms with Crippen molar-refractivity contribution in [2.24, 2.45) is 0 Å². The smallest absolute Gasteiger partial charge is 0.251 e. The highest BCUT2D eigenvalue weighted by Crippen LogP contribution is 2.32. The van der Waals surface area contributed by atoms with Crippen molar-refractivity contribution in [3.05, 3.63) is 27.1 Å². The Morgan fingerprint density at radius 1 is 1.38 bits per heavy atom. The van der Waals surface area contributed by atoms with Crippen molar-refractivity contribution in [3.63, 3.8) is 0 Å². The Morgan fingerprint density at radius 2 is 2.00 bits per heavy atom. The molecule has 0 radical (unpaired) electrons. The maximum atomic E-state index is 12.2. The summed E-state index contributed by atoms with van der Waals surface area (Å²) >= 11 is 1.65. The van der Waals surface area contributed by atoms with Gasteiger partial charge in [0.15, 0.2) is 5.69 Å². The lowest BCUT2D eigenvalue weighted by Gasteiger charge is -2.10. The summed E-state index contributed by atoms with van der Waals surface area (Å²) in [7, 11) is 0. The van der Waals surface area contributed by atoms with Gasteiger partial charge in [-0.05, 0) is 28.7 Å². The van der Waals surface area contributed by atoms with Gasteiger partial charge in [-0.1, -0.05) is 0 Å². The van der Waals surface area contributed by atoms with Crippen molar-refractivity contribution in [2.75, 3.05) is 0 Å². The third-order valence-electron chi connectivity index (χ3n) is 1.40. The van der Waals surface area contributed by atoms with Crippen LogP contribution in [0.1, 0.15) is 11.3 Å². The molecule has 0 N–H and O–H groups in total. The van der Waals surface area contributed by atoms with E-state index >= 15 is 0 Å². The summed E-state index contributed by atoms with van der Waals surface area (Å²) in [4.78, 5) is 3.11. The summed E-state index contributed by atoms with van der Waals surface area (Å²) in [5.41, 5.74) is -1.53. The monoisotopic (exact) mass is 305 g/mol. The van der Waals surface area contributed by atoms with Crippen LogP contribution < -0.4 is 0 Å². The van der Waals surface area contributed by atoms with Gasteiger partial charge in [-0.2, -0.15) is 13.2 Å². The molecule has 0 aliphatic rings. The molecule has 0 saturated heterocycles. The van der Waals surface area contributed by atoms with Crippen LogP contribution in [0.5, 0.6) is 0 Å². The van der Waals surface area contributed by atoms with Gasteiger partial charge in [0.25, 0.3) is 0 Å². The van der Waals surface area contributed by atoms with E-state index in [-0.39, 0.29) is 3.57 Å². The third kappa shape index (κ3) is 2.29. The number of halogens is 5. The lowest BCUT2D eigenvalue weighted by molar-refractivity contribution is -0.142. The summed E-state index contributed by atoms with van der Waals surface area (Å²) < 4.78 is 49.0. The fourth-order valence-electron chi connectivity index (χ4n) is 0.840. The Morgan fingerprint density at radius 3 is 2.38 bits per heavy atom. The minimum absolute atomic E-state index is 0.238. The van der Waals surface area contributed by atoms with Crippen LogP contribution in [0.15, 0.2) is 12.3 Å². The molecule has 0 unspecified atom stereocenters. The van der Waals surface area contributed by atoms with Gasteiger partial charge in [-0.3, -0.25) is 4.98 Å². The average molecular weight is 305 g/mol. The highest BCUT2D eigenvalue weighted by Gasteiger charge is 2.35. The summed E-state index contributed by atoms with van der Waals surface area (Å²) in [6.07, 6.45) is -3.56. The number of nitrogens with zero attached hydrogens (tertiary/aromatic N) is 1. The molecule has 1 heterocycles. The van der Waals surface area contributed by atoms with E-state index in [1.165, 1.54) is 6.07 Å². The summed E-state index contributed by atoms with van der Waals surface area (Å²) in [6, 6.07) is 1.34. The largest absolute Gasteiger partial charge is 0.433 e. The second-order valence-electron chi connectivity index (χ2n) is 2.25. The molecule has 0 aromatic carbocycles. The number of hydrogen-bond donors (Lipinski definition) is 0. The van der Waals surface area contributed by atoms with E-state index in [0.29, 0.717) is 0 Å². The molecule has 0 saturated carbocycles. The van der Waals surface area contributed by atoms with E-state index in [4.69, 9.17) is 0 Å². The van der Waals surface area contributed by atoms with Crippen LogP contribution in [-0.4, -0.2) is 4.98 Å². The van der Waals surface area contributed by atoms with Gasteiger partial charge in [-0.25, -0.2) is 4.39 Å². The first-order valence-corrected chi connectivity index (χ1v) is 4.31. The number of aromatic nitrogens is 1. The van der Waals surface area contributed by atoms with Crippen LogP contribution in [0.25, 0.3) is 0 Å². The maximum Gasteiger partial charge on any atom is 0.433 e. The van der Waals surface area contributed by atoms with Gasteiger partial charge in [0.1, 0.15) is 6.67 Å². The highest BCUT2D eigenvalue weighted by molar-refractivity contribution is 14.1. The number of hydrogen-bond acceptors (Lipinski definition) is 1. The first-order valence-electron chi connectivity index (χ1n) is 3.23. The highest BCUT2D eigenvalue weighted by atomic mass is 127. The minimum Gasteiger partial charge on any atom is -0.251 e. The van der Waals surface area contributed by atoms with E-state index in [2.05, 4.69) is 4.98 Å². The lowest BCUT2D eigenvalue weighted by Crippen LogP contribution is -2.12. The molecule has 0 aliphatic carbocycles. The predicted octanol–water partition coefficient (Wildman–Crippen LogP) is 3.17. The molecule has 0 amide bonds. The van der Waals surface area contributed by atoms with E-state index in [1.54, 1.807) is 22.6 Å². The van der Waals surface area contributed by atoms with Crippen LogP contribution in [0.3, 0.4) is 0 Å². The molecule has 6 heteroatoms. The van der Waals surface area contributed by atoms with Crippen molar-refractivity contribution in [2.45, 2.75) is 12.9 Å². The molecule has 1 aromatic rings. The van der Waals surface area contributed by atoms with E-state index in [0.717, 1.165) is 6.20 Å². The van der Waals surface area contributed by atoms with Crippen LogP contribution in [-0.2, 0) is 12.9 Å². The molecule has 0 spiro atoms. The van der Waals surface area contributed by atoms with Gasteiger partial charge in [0.05, 0.1) is 0 Å². The van der Waals surface area contributed by atoms with Crippen LogP contribution in [0, 0.1) is 3.57 Å². The number of rotatable bonds is 1. The molecule has 13 heavy (non-hydrogen) atoms. The van der Waals surface area contributed by atoms with Crippen molar-refractivity contribution >= 4 is 22.6 Å². The van der Waals surface area contributed by atoms with Gasteiger partial charge in [0.2, 0.25) is 0 Å². The first-order chi connectivity index (χ1) is 5.96. The first kappa shape index (κ1) is 10.7. The normalized spacial score (nSPS) is 11.8. The molecule has 0 aliphatic heterocycles. The van der Waals surface area contributed by atoms with Crippen LogP contribution in [0.4, 0.5) is 17.6 Å². The van der Waals surface area contributed by atoms with Crippen molar-refractivity contribution < 1.29 is 17.6 Å². The van der Waals surface area contributed by atoms with Crippen molar-refractivity contribution in [1.82, 2.24) is 4.98 Å². The Balaban J connectivity index is 3.29. The van der Waals surface area contributed by atoms with Gasteiger partial charge in [-0.15, -0.1) is 0 Å². The minimum atomic E-state index is -4.58. The van der Waals surface area contributed by atoms with Crippen molar-refractivity contribution in [1.29, 1.82) is 0 Å². The number of pyridine rings is 1. The Hall–Kier alpha value is -0.400. The SMILES string of the molecule is FCc1c(I)ccnc1C(F)(F)F. The molecule has 0 bridgehead atoms. The molecular formula is C7H4F4IN. The quantitative estimate of drug-likeness (QED) is 0.574. The van der Waals surface area contributed by atoms with Gasteiger partial charge in [0, 0.05) is 15.3 Å². The topological polar surface area (TPSA) is 12.9 Å². The zero-order valence-corrected chi connectivity index (χ0v) is 8.36. The third-order valence-corrected chi connectivity index (χ3v) is 2.41. The molecule has 0 fully saturated rings. The standard InChI is InChI=1S/C7H4F4IN/c8-3-4-5(12)1-2-13-6(4)7(9,10)11/h1-2H,3H2. The average Bonchev–Trinajstić information content (AvgIpc) is 2.02. The van der Waals surface area contributed by atoms with Crippen molar-refractivity contribution in [3.8, 4) is 0 Å². The molecule has 1 nitrogen and oxygen atoms in total. The van der Waals surface area contributed by atoms with E-state index in [9.17, 15) is 17.6 Å². The second kappa shape index (κ2) is 3.77. The Labute approximate surface area is 85.3 Å². The fraction of sp³-hybridized carbons (Fsp3) is 0.286. The molecule has 0 atom stereocenters. The fourth-order valence-corrected chi connectivity index (χ4v) is 1.40. The van der Waals surface area contributed by atoms with Gasteiger partial charge >= 0.3 is 6.18 Å². The van der Waals surface area contributed by atoms with E-state index < -0.39 is 24.1 Å². The van der Waals surface area contributed by atoms with Gasteiger partial charge < -0.3 is 0 Å². The summed E-state index contributed by atoms with van der Waals surface area (Å²) in [5.74, 6) is 0. The Kier molecular flexibility index (Phi) is 3.09. The summed E-state index contributed by atoms with van der Waals surface area (Å²) in [6.45, 7) is -1.15. The second-order valence-corrected chi connectivity index (χ2v) is 3.41. The Bertz CT molecular complexity index is 310. The lowest BCUT2D eigenvalue weighted by atomic mass is 10.2. The zero-order valence-electron chi connectivity index (χ0n) is 6.20. The molecule has 72 valence electrons. The van der Waals surface area contributed by atoms with Crippen LogP contribution >= 0.6 is 22.6 Å². The van der Waals surface area contributed by atoms with E-state index in [1.807, 2.05) is 0 Å².